The Morgan fingerprint density at radius 2 is 2.10 bits per heavy atom. The molecular weight excluding hydrogens is 282 g/mol. The number of hydrogen-bond acceptors (Lipinski definition) is 3. The Hall–Kier alpha value is -2.02. The van der Waals surface area contributed by atoms with Crippen molar-refractivity contribution in [3.63, 3.8) is 0 Å². The number of halogens is 1. The highest BCUT2D eigenvalue weighted by atomic mass is 35.5. The van der Waals surface area contributed by atoms with Crippen LogP contribution >= 0.6 is 11.6 Å². The Bertz CT molecular complexity index is 691. The van der Waals surface area contributed by atoms with Crippen LogP contribution in [0.3, 0.4) is 0 Å². The first-order valence-corrected chi connectivity index (χ1v) is 7.40. The maximum atomic E-state index is 9.03. The monoisotopic (exact) mass is 297 g/mol. The average Bonchev–Trinajstić information content (AvgIpc) is 2.72. The molecule has 2 N–H and O–H groups in total. The van der Waals surface area contributed by atoms with Gasteiger partial charge in [0.15, 0.2) is 0 Å². The van der Waals surface area contributed by atoms with E-state index in [2.05, 4.69) is 41.0 Å². The van der Waals surface area contributed by atoms with E-state index in [1.165, 1.54) is 11.1 Å². The van der Waals surface area contributed by atoms with Crippen molar-refractivity contribution in [1.82, 2.24) is 5.32 Å². The Kier molecular flexibility index (Phi) is 4.10. The third kappa shape index (κ3) is 3.02. The minimum atomic E-state index is 0.197. The van der Waals surface area contributed by atoms with Crippen LogP contribution in [0.15, 0.2) is 42.5 Å². The van der Waals surface area contributed by atoms with E-state index in [-0.39, 0.29) is 6.04 Å². The van der Waals surface area contributed by atoms with Gasteiger partial charge in [0.2, 0.25) is 0 Å². The number of benzene rings is 2. The number of rotatable bonds is 2. The molecule has 2 aromatic rings. The van der Waals surface area contributed by atoms with E-state index >= 15 is 0 Å². The summed E-state index contributed by atoms with van der Waals surface area (Å²) in [5.41, 5.74) is 4.03. The lowest BCUT2D eigenvalue weighted by molar-refractivity contribution is 0.637. The highest BCUT2D eigenvalue weighted by Gasteiger charge is 2.18. The molecule has 2 aromatic carbocycles. The molecule has 0 amide bonds. The molecule has 4 heteroatoms. The van der Waals surface area contributed by atoms with E-state index in [1.807, 2.05) is 6.07 Å². The van der Waals surface area contributed by atoms with Crippen molar-refractivity contribution in [3.05, 3.63) is 64.2 Å². The summed E-state index contributed by atoms with van der Waals surface area (Å²) >= 11 is 6.25. The van der Waals surface area contributed by atoms with Gasteiger partial charge in [0.1, 0.15) is 0 Å². The molecule has 1 atom stereocenters. The SMILES string of the molecule is N#Cc1ccc(Cl)c(NC2CCNCc3ccccc32)c1. The van der Waals surface area contributed by atoms with Gasteiger partial charge in [-0.2, -0.15) is 5.26 Å². The lowest BCUT2D eigenvalue weighted by Crippen LogP contribution is -2.15. The van der Waals surface area contributed by atoms with E-state index in [0.29, 0.717) is 10.6 Å². The second-order valence-electron chi connectivity index (χ2n) is 5.17. The molecule has 0 spiro atoms. The van der Waals surface area contributed by atoms with Gasteiger partial charge in [-0.25, -0.2) is 0 Å². The van der Waals surface area contributed by atoms with Gasteiger partial charge in [-0.1, -0.05) is 35.9 Å². The fraction of sp³-hybridized carbons (Fsp3) is 0.235. The van der Waals surface area contributed by atoms with Crippen LogP contribution in [0, 0.1) is 11.3 Å². The molecule has 106 valence electrons. The summed E-state index contributed by atoms with van der Waals surface area (Å²) in [4.78, 5) is 0. The summed E-state index contributed by atoms with van der Waals surface area (Å²) in [6.45, 7) is 1.84. The zero-order valence-corrected chi connectivity index (χ0v) is 12.3. The van der Waals surface area contributed by atoms with Gasteiger partial charge in [0, 0.05) is 6.54 Å². The first-order valence-electron chi connectivity index (χ1n) is 7.02. The number of fused-ring (bicyclic) bond motifs is 1. The highest BCUT2D eigenvalue weighted by Crippen LogP contribution is 2.31. The number of nitriles is 1. The van der Waals surface area contributed by atoms with Crippen LogP contribution < -0.4 is 10.6 Å². The van der Waals surface area contributed by atoms with Crippen LogP contribution in [-0.2, 0) is 6.54 Å². The molecule has 1 aliphatic heterocycles. The van der Waals surface area contributed by atoms with Crippen LogP contribution in [0.4, 0.5) is 5.69 Å². The van der Waals surface area contributed by atoms with Crippen molar-refractivity contribution in [2.75, 3.05) is 11.9 Å². The molecular formula is C17H16ClN3. The largest absolute Gasteiger partial charge is 0.377 e. The predicted molar refractivity (Wildman–Crippen MR) is 85.3 cm³/mol. The number of anilines is 1. The molecule has 0 radical (unpaired) electrons. The molecule has 21 heavy (non-hydrogen) atoms. The molecule has 0 saturated carbocycles. The molecule has 0 aliphatic carbocycles. The molecule has 1 heterocycles. The maximum Gasteiger partial charge on any atom is 0.0992 e. The van der Waals surface area contributed by atoms with Crippen molar-refractivity contribution in [3.8, 4) is 6.07 Å². The molecule has 1 unspecified atom stereocenters. The minimum absolute atomic E-state index is 0.197. The van der Waals surface area contributed by atoms with Crippen LogP contribution in [0.1, 0.15) is 29.2 Å². The summed E-state index contributed by atoms with van der Waals surface area (Å²) in [6, 6.07) is 16.1. The zero-order valence-electron chi connectivity index (χ0n) is 11.6. The van der Waals surface area contributed by atoms with Gasteiger partial charge in [0.05, 0.1) is 28.4 Å². The Balaban J connectivity index is 1.93. The molecule has 0 aromatic heterocycles. The Labute approximate surface area is 129 Å². The van der Waals surface area contributed by atoms with E-state index in [9.17, 15) is 0 Å². The second-order valence-corrected chi connectivity index (χ2v) is 5.57. The van der Waals surface area contributed by atoms with E-state index < -0.39 is 0 Å². The van der Waals surface area contributed by atoms with Gasteiger partial charge >= 0.3 is 0 Å². The van der Waals surface area contributed by atoms with Crippen LogP contribution in [0.5, 0.6) is 0 Å². The van der Waals surface area contributed by atoms with Gasteiger partial charge in [-0.3, -0.25) is 0 Å². The van der Waals surface area contributed by atoms with Crippen molar-refractivity contribution < 1.29 is 0 Å². The van der Waals surface area contributed by atoms with E-state index in [4.69, 9.17) is 16.9 Å². The van der Waals surface area contributed by atoms with E-state index in [0.717, 1.165) is 25.2 Å². The standard InChI is InChI=1S/C17H16ClN3/c18-15-6-5-12(10-19)9-17(15)21-16-7-8-20-11-13-3-1-2-4-14(13)16/h1-6,9,16,20-21H,7-8,11H2. The van der Waals surface area contributed by atoms with Gasteiger partial charge in [-0.05, 0) is 42.3 Å². The third-order valence-electron chi connectivity index (χ3n) is 3.78. The topological polar surface area (TPSA) is 47.9 Å². The van der Waals surface area contributed by atoms with Crippen molar-refractivity contribution in [2.45, 2.75) is 19.0 Å². The number of nitrogens with zero attached hydrogens (tertiary/aromatic N) is 1. The lowest BCUT2D eigenvalue weighted by atomic mass is 9.99. The van der Waals surface area contributed by atoms with E-state index in [1.54, 1.807) is 12.1 Å². The molecule has 1 aliphatic rings. The number of nitrogens with one attached hydrogen (secondary N) is 2. The van der Waals surface area contributed by atoms with Crippen molar-refractivity contribution in [1.29, 1.82) is 5.26 Å². The van der Waals surface area contributed by atoms with Crippen LogP contribution in [0.25, 0.3) is 0 Å². The molecule has 3 nitrogen and oxygen atoms in total. The van der Waals surface area contributed by atoms with Crippen LogP contribution in [-0.4, -0.2) is 6.54 Å². The summed E-state index contributed by atoms with van der Waals surface area (Å²) in [6.07, 6.45) is 0.976. The summed E-state index contributed by atoms with van der Waals surface area (Å²) in [5.74, 6) is 0. The predicted octanol–water partition coefficient (Wildman–Crippen LogP) is 3.86. The Morgan fingerprint density at radius 3 is 2.95 bits per heavy atom. The average molecular weight is 298 g/mol. The molecule has 0 bridgehead atoms. The fourth-order valence-corrected chi connectivity index (χ4v) is 2.88. The molecule has 0 fully saturated rings. The maximum absolute atomic E-state index is 9.03. The molecule has 3 rings (SSSR count). The van der Waals surface area contributed by atoms with Gasteiger partial charge in [-0.15, -0.1) is 0 Å². The van der Waals surface area contributed by atoms with Crippen molar-refractivity contribution >= 4 is 17.3 Å². The lowest BCUT2D eigenvalue weighted by Gasteiger charge is -2.21. The number of hydrogen-bond donors (Lipinski definition) is 2. The quantitative estimate of drug-likeness (QED) is 0.885. The van der Waals surface area contributed by atoms with Gasteiger partial charge < -0.3 is 10.6 Å². The summed E-state index contributed by atoms with van der Waals surface area (Å²) in [7, 11) is 0. The van der Waals surface area contributed by atoms with Crippen molar-refractivity contribution in [2.24, 2.45) is 0 Å². The summed E-state index contributed by atoms with van der Waals surface area (Å²) in [5, 5.41) is 16.6. The first-order chi connectivity index (χ1) is 10.3. The highest BCUT2D eigenvalue weighted by molar-refractivity contribution is 6.33. The third-order valence-corrected chi connectivity index (χ3v) is 4.11. The smallest absolute Gasteiger partial charge is 0.0992 e. The minimum Gasteiger partial charge on any atom is -0.377 e. The summed E-state index contributed by atoms with van der Waals surface area (Å²) < 4.78 is 0. The van der Waals surface area contributed by atoms with Gasteiger partial charge in [0.25, 0.3) is 0 Å². The zero-order chi connectivity index (χ0) is 14.7. The Morgan fingerprint density at radius 1 is 1.24 bits per heavy atom. The fourth-order valence-electron chi connectivity index (χ4n) is 2.70. The normalized spacial score (nSPS) is 17.4. The molecule has 0 saturated heterocycles. The first kappa shape index (κ1) is 13.9. The van der Waals surface area contributed by atoms with Crippen LogP contribution in [0.2, 0.25) is 5.02 Å². The second kappa shape index (κ2) is 6.17.